The van der Waals surface area contributed by atoms with Gasteiger partial charge in [0.2, 0.25) is 0 Å². The second-order valence-electron chi connectivity index (χ2n) is 6.16. The fraction of sp³-hybridized carbons (Fsp3) is 0.933. The molecule has 0 heterocycles. The molecule has 5 heteroatoms. The molecule has 0 saturated carbocycles. The average Bonchev–Trinajstić information content (AvgIpc) is 2.27. The van der Waals surface area contributed by atoms with Crippen molar-refractivity contribution in [1.82, 2.24) is 10.2 Å². The van der Waals surface area contributed by atoms with Crippen molar-refractivity contribution in [2.24, 2.45) is 16.6 Å². The van der Waals surface area contributed by atoms with Crippen LogP contribution in [0.15, 0.2) is 4.99 Å². The quantitative estimate of drug-likeness (QED) is 0.272. The van der Waals surface area contributed by atoms with Gasteiger partial charge in [0, 0.05) is 31.7 Å². The lowest BCUT2D eigenvalue weighted by Crippen LogP contribution is -2.38. The van der Waals surface area contributed by atoms with Crippen LogP contribution in [0.3, 0.4) is 0 Å². The molecule has 0 amide bonds. The highest BCUT2D eigenvalue weighted by Crippen LogP contribution is 2.05. The molecule has 0 saturated heterocycles. The van der Waals surface area contributed by atoms with Crippen LogP contribution in [0, 0.1) is 5.92 Å². The lowest BCUT2D eigenvalue weighted by Gasteiger charge is -2.30. The molecule has 0 rings (SSSR count). The predicted octanol–water partition coefficient (Wildman–Crippen LogP) is 3.06. The number of nitrogens with one attached hydrogen (secondary N) is 1. The molecule has 0 fully saturated rings. The Labute approximate surface area is 143 Å². The van der Waals surface area contributed by atoms with E-state index in [2.05, 4.69) is 56.8 Å². The summed E-state index contributed by atoms with van der Waals surface area (Å²) in [6, 6.07) is 1.18. The number of hydrogen-bond donors (Lipinski definition) is 2. The molecule has 0 aromatic heterocycles. The zero-order chi connectivity index (χ0) is 14.8. The third-order valence-corrected chi connectivity index (χ3v) is 3.21. The van der Waals surface area contributed by atoms with Crippen LogP contribution in [0.2, 0.25) is 0 Å². The second kappa shape index (κ2) is 12.7. The average molecular weight is 398 g/mol. The zero-order valence-corrected chi connectivity index (χ0v) is 16.5. The first-order chi connectivity index (χ1) is 8.84. The summed E-state index contributed by atoms with van der Waals surface area (Å²) in [5, 5.41) is 3.16. The second-order valence-corrected chi connectivity index (χ2v) is 6.16. The molecule has 0 unspecified atom stereocenters. The van der Waals surface area contributed by atoms with Gasteiger partial charge in [0.25, 0.3) is 0 Å². The Morgan fingerprint density at radius 2 is 1.65 bits per heavy atom. The van der Waals surface area contributed by atoms with E-state index in [4.69, 9.17) is 5.73 Å². The normalized spacial score (nSPS) is 12.4. The molecule has 3 N–H and O–H groups in total. The van der Waals surface area contributed by atoms with Gasteiger partial charge in [0.1, 0.15) is 0 Å². The third kappa shape index (κ3) is 11.8. The molecule has 122 valence electrons. The number of nitrogens with zero attached hydrogens (tertiary/aromatic N) is 2. The van der Waals surface area contributed by atoms with Gasteiger partial charge in [-0.05, 0) is 46.5 Å². The summed E-state index contributed by atoms with van der Waals surface area (Å²) in [4.78, 5) is 6.85. The maximum absolute atomic E-state index is 5.82. The maximum atomic E-state index is 5.82. The van der Waals surface area contributed by atoms with E-state index in [-0.39, 0.29) is 24.0 Å². The van der Waals surface area contributed by atoms with Gasteiger partial charge in [-0.15, -0.1) is 24.0 Å². The number of aliphatic imine (C=N–C) groups is 1. The van der Waals surface area contributed by atoms with Crippen LogP contribution in [0.4, 0.5) is 0 Å². The van der Waals surface area contributed by atoms with Crippen molar-refractivity contribution in [3.63, 3.8) is 0 Å². The first-order valence-corrected chi connectivity index (χ1v) is 7.64. The smallest absolute Gasteiger partial charge is 0.188 e. The van der Waals surface area contributed by atoms with Crippen molar-refractivity contribution < 1.29 is 0 Å². The molecule has 20 heavy (non-hydrogen) atoms. The van der Waals surface area contributed by atoms with Crippen LogP contribution >= 0.6 is 24.0 Å². The summed E-state index contributed by atoms with van der Waals surface area (Å²) in [5.41, 5.74) is 5.82. The summed E-state index contributed by atoms with van der Waals surface area (Å²) >= 11 is 0. The van der Waals surface area contributed by atoms with Crippen molar-refractivity contribution in [2.75, 3.05) is 19.6 Å². The summed E-state index contributed by atoms with van der Waals surface area (Å²) in [7, 11) is 0. The Balaban J connectivity index is 0. The van der Waals surface area contributed by atoms with Gasteiger partial charge in [0.15, 0.2) is 5.96 Å². The fourth-order valence-electron chi connectivity index (χ4n) is 2.11. The van der Waals surface area contributed by atoms with Crippen LogP contribution in [-0.2, 0) is 0 Å². The van der Waals surface area contributed by atoms with Crippen LogP contribution in [0.5, 0.6) is 0 Å². The largest absolute Gasteiger partial charge is 0.370 e. The van der Waals surface area contributed by atoms with Gasteiger partial charge in [0.05, 0.1) is 0 Å². The number of rotatable bonds is 9. The predicted molar refractivity (Wildman–Crippen MR) is 101 cm³/mol. The Morgan fingerprint density at radius 1 is 1.10 bits per heavy atom. The van der Waals surface area contributed by atoms with Crippen molar-refractivity contribution in [1.29, 1.82) is 0 Å². The molecular formula is C15H35IN4. The van der Waals surface area contributed by atoms with E-state index in [1.807, 2.05) is 0 Å². The highest BCUT2D eigenvalue weighted by atomic mass is 127. The van der Waals surface area contributed by atoms with Gasteiger partial charge < -0.3 is 11.1 Å². The van der Waals surface area contributed by atoms with E-state index in [0.29, 0.717) is 24.0 Å². The van der Waals surface area contributed by atoms with Crippen LogP contribution in [-0.4, -0.2) is 42.6 Å². The highest BCUT2D eigenvalue weighted by molar-refractivity contribution is 14.0. The van der Waals surface area contributed by atoms with Gasteiger partial charge in [-0.25, -0.2) is 0 Å². The summed E-state index contributed by atoms with van der Waals surface area (Å²) in [6.07, 6.45) is 2.19. The highest BCUT2D eigenvalue weighted by Gasteiger charge is 2.11. The van der Waals surface area contributed by atoms with Crippen molar-refractivity contribution in [3.05, 3.63) is 0 Å². The Bertz CT molecular complexity index is 244. The molecule has 0 aliphatic heterocycles. The number of nitrogens with two attached hydrogens (primary N) is 1. The lowest BCUT2D eigenvalue weighted by atomic mass is 10.1. The van der Waals surface area contributed by atoms with Crippen LogP contribution in [0.25, 0.3) is 0 Å². The Kier molecular flexibility index (Phi) is 14.1. The minimum absolute atomic E-state index is 0. The standard InChI is InChI=1S/C15H34N4.HI/c1-12(2)8-10-18-15(16)17-9-7-11-19(13(3)4)14(5)6;/h12-14H,7-11H2,1-6H3,(H3,16,17,18);1H. The molecule has 0 spiro atoms. The van der Waals surface area contributed by atoms with Crippen LogP contribution in [0.1, 0.15) is 54.4 Å². The number of halogens is 1. The molecule has 0 atom stereocenters. The first-order valence-electron chi connectivity index (χ1n) is 7.64. The molecule has 0 aromatic carbocycles. The summed E-state index contributed by atoms with van der Waals surface area (Å²) in [6.45, 7) is 16.2. The van der Waals surface area contributed by atoms with E-state index in [9.17, 15) is 0 Å². The Hall–Kier alpha value is -0.0400. The molecule has 0 bridgehead atoms. The van der Waals surface area contributed by atoms with E-state index < -0.39 is 0 Å². The first kappa shape index (κ1) is 22.2. The number of hydrogen-bond acceptors (Lipinski definition) is 2. The molecule has 0 aliphatic rings. The van der Waals surface area contributed by atoms with Crippen molar-refractivity contribution in [3.8, 4) is 0 Å². The minimum Gasteiger partial charge on any atom is -0.370 e. The molecule has 0 aromatic rings. The zero-order valence-electron chi connectivity index (χ0n) is 14.1. The van der Waals surface area contributed by atoms with Crippen LogP contribution < -0.4 is 11.1 Å². The summed E-state index contributed by atoms with van der Waals surface area (Å²) < 4.78 is 0. The van der Waals surface area contributed by atoms with Gasteiger partial charge in [-0.1, -0.05) is 13.8 Å². The molecular weight excluding hydrogens is 363 g/mol. The van der Waals surface area contributed by atoms with Crippen molar-refractivity contribution in [2.45, 2.75) is 66.5 Å². The van der Waals surface area contributed by atoms with E-state index in [1.165, 1.54) is 0 Å². The summed E-state index contributed by atoms with van der Waals surface area (Å²) in [5.74, 6) is 1.28. The monoisotopic (exact) mass is 398 g/mol. The van der Waals surface area contributed by atoms with E-state index in [0.717, 1.165) is 32.5 Å². The topological polar surface area (TPSA) is 53.6 Å². The minimum atomic E-state index is 0. The van der Waals surface area contributed by atoms with E-state index in [1.54, 1.807) is 0 Å². The fourth-order valence-corrected chi connectivity index (χ4v) is 2.11. The van der Waals surface area contributed by atoms with Gasteiger partial charge in [-0.3, -0.25) is 9.89 Å². The molecule has 0 radical (unpaired) electrons. The van der Waals surface area contributed by atoms with Crippen molar-refractivity contribution >= 4 is 29.9 Å². The third-order valence-electron chi connectivity index (χ3n) is 3.21. The van der Waals surface area contributed by atoms with Gasteiger partial charge >= 0.3 is 0 Å². The lowest BCUT2D eigenvalue weighted by molar-refractivity contribution is 0.174. The maximum Gasteiger partial charge on any atom is 0.188 e. The molecule has 4 nitrogen and oxygen atoms in total. The molecule has 0 aliphatic carbocycles. The number of guanidine groups is 1. The van der Waals surface area contributed by atoms with E-state index >= 15 is 0 Å². The SMILES string of the molecule is CC(C)CCNC(N)=NCCCN(C(C)C)C(C)C.I. The van der Waals surface area contributed by atoms with Gasteiger partial charge in [-0.2, -0.15) is 0 Å². The Morgan fingerprint density at radius 3 is 2.10 bits per heavy atom.